The zero-order chi connectivity index (χ0) is 7.56. The third-order valence-corrected chi connectivity index (χ3v) is 1.79. The molecule has 1 aliphatic heterocycles. The van der Waals surface area contributed by atoms with Crippen LogP contribution in [0.4, 0.5) is 0 Å². The van der Waals surface area contributed by atoms with Crippen molar-refractivity contribution in [2.45, 2.75) is 33.2 Å². The Morgan fingerprint density at radius 3 is 2.70 bits per heavy atom. The molecule has 0 saturated carbocycles. The molecule has 0 bridgehead atoms. The van der Waals surface area contributed by atoms with E-state index in [4.69, 9.17) is 0 Å². The summed E-state index contributed by atoms with van der Waals surface area (Å²) in [4.78, 5) is 4.38. The molecule has 1 atom stereocenters. The lowest BCUT2D eigenvalue weighted by Crippen LogP contribution is -2.39. The summed E-state index contributed by atoms with van der Waals surface area (Å²) in [6.45, 7) is 7.55. The first-order valence-corrected chi connectivity index (χ1v) is 4.01. The Kier molecular flexibility index (Phi) is 2.30. The number of rotatable bonds is 1. The maximum Gasteiger partial charge on any atom is 0.0990 e. The molecule has 0 amide bonds. The van der Waals surface area contributed by atoms with E-state index in [0.29, 0.717) is 12.0 Å². The maximum atomic E-state index is 4.38. The zero-order valence-electron chi connectivity index (χ0n) is 7.02. The van der Waals surface area contributed by atoms with Crippen LogP contribution in [-0.4, -0.2) is 18.4 Å². The van der Waals surface area contributed by atoms with Gasteiger partial charge in [0.05, 0.1) is 5.84 Å². The molecular weight excluding hydrogens is 124 g/mol. The number of aliphatic imine (C=N–C) groups is 1. The highest BCUT2D eigenvalue weighted by Gasteiger charge is 2.12. The van der Waals surface area contributed by atoms with Gasteiger partial charge in [-0.2, -0.15) is 0 Å². The Hall–Kier alpha value is -0.530. The molecule has 0 fully saturated rings. The first-order chi connectivity index (χ1) is 4.70. The van der Waals surface area contributed by atoms with Crippen LogP contribution in [0.2, 0.25) is 0 Å². The highest BCUT2D eigenvalue weighted by molar-refractivity contribution is 5.84. The molecule has 58 valence electrons. The van der Waals surface area contributed by atoms with Gasteiger partial charge >= 0.3 is 0 Å². The lowest BCUT2D eigenvalue weighted by atomic mass is 10.1. The van der Waals surface area contributed by atoms with E-state index in [1.54, 1.807) is 0 Å². The van der Waals surface area contributed by atoms with Crippen LogP contribution in [0, 0.1) is 5.92 Å². The minimum Gasteiger partial charge on any atom is -0.371 e. The lowest BCUT2D eigenvalue weighted by Gasteiger charge is -2.23. The summed E-state index contributed by atoms with van der Waals surface area (Å²) in [7, 11) is 0. The van der Waals surface area contributed by atoms with Gasteiger partial charge < -0.3 is 5.32 Å². The van der Waals surface area contributed by atoms with Gasteiger partial charge in [-0.1, -0.05) is 13.8 Å². The molecule has 1 N–H and O–H groups in total. The second kappa shape index (κ2) is 3.04. The van der Waals surface area contributed by atoms with E-state index < -0.39 is 0 Å². The van der Waals surface area contributed by atoms with Crippen molar-refractivity contribution in [3.05, 3.63) is 0 Å². The zero-order valence-corrected chi connectivity index (χ0v) is 7.02. The molecule has 10 heavy (non-hydrogen) atoms. The summed E-state index contributed by atoms with van der Waals surface area (Å²) in [6, 6.07) is 0.620. The van der Waals surface area contributed by atoms with E-state index >= 15 is 0 Å². The summed E-state index contributed by atoms with van der Waals surface area (Å²) in [6.07, 6.45) is 1.18. The van der Waals surface area contributed by atoms with Crippen molar-refractivity contribution < 1.29 is 0 Å². The van der Waals surface area contributed by atoms with Crippen molar-refractivity contribution in [3.8, 4) is 0 Å². The summed E-state index contributed by atoms with van der Waals surface area (Å²) in [5.41, 5.74) is 0. The van der Waals surface area contributed by atoms with E-state index in [2.05, 4.69) is 31.1 Å². The Labute approximate surface area is 62.7 Å². The quantitative estimate of drug-likeness (QED) is 0.585. The topological polar surface area (TPSA) is 24.4 Å². The average molecular weight is 140 g/mol. The average Bonchev–Trinajstić information content (AvgIpc) is 1.88. The number of hydrogen-bond acceptors (Lipinski definition) is 2. The smallest absolute Gasteiger partial charge is 0.0990 e. The molecule has 1 aliphatic rings. The summed E-state index contributed by atoms with van der Waals surface area (Å²) >= 11 is 0. The van der Waals surface area contributed by atoms with Crippen molar-refractivity contribution in [3.63, 3.8) is 0 Å². The molecule has 2 nitrogen and oxygen atoms in total. The number of hydrogen-bond donors (Lipinski definition) is 1. The third kappa shape index (κ3) is 1.72. The predicted molar refractivity (Wildman–Crippen MR) is 44.4 cm³/mol. The predicted octanol–water partition coefficient (Wildman–Crippen LogP) is 1.42. The van der Waals surface area contributed by atoms with Gasteiger partial charge in [0, 0.05) is 18.5 Å². The van der Waals surface area contributed by atoms with Crippen molar-refractivity contribution in [2.24, 2.45) is 10.9 Å². The summed E-state index contributed by atoms with van der Waals surface area (Å²) in [5, 5.41) is 3.37. The maximum absolute atomic E-state index is 4.38. The van der Waals surface area contributed by atoms with Crippen molar-refractivity contribution in [2.75, 3.05) is 6.54 Å². The van der Waals surface area contributed by atoms with Crippen LogP contribution in [0.15, 0.2) is 4.99 Å². The highest BCUT2D eigenvalue weighted by Crippen LogP contribution is 2.04. The monoisotopic (exact) mass is 140 g/mol. The van der Waals surface area contributed by atoms with Crippen LogP contribution in [0.1, 0.15) is 27.2 Å². The van der Waals surface area contributed by atoms with Gasteiger partial charge in [0.25, 0.3) is 0 Å². The molecule has 0 saturated heterocycles. The summed E-state index contributed by atoms with van der Waals surface area (Å²) < 4.78 is 0. The second-order valence-corrected chi connectivity index (χ2v) is 3.26. The SMILES string of the molecule is CC1CCN=C(C(C)C)N1. The Balaban J connectivity index is 2.51. The van der Waals surface area contributed by atoms with E-state index in [-0.39, 0.29) is 0 Å². The Morgan fingerprint density at radius 2 is 2.30 bits per heavy atom. The third-order valence-electron chi connectivity index (χ3n) is 1.79. The minimum absolute atomic E-state index is 0.558. The van der Waals surface area contributed by atoms with Gasteiger partial charge in [0.15, 0.2) is 0 Å². The molecule has 2 heteroatoms. The molecule has 0 aromatic rings. The van der Waals surface area contributed by atoms with E-state index in [1.807, 2.05) is 0 Å². The van der Waals surface area contributed by atoms with E-state index in [9.17, 15) is 0 Å². The normalized spacial score (nSPS) is 26.0. The van der Waals surface area contributed by atoms with Crippen molar-refractivity contribution in [1.29, 1.82) is 0 Å². The molecule has 0 aromatic heterocycles. The molecule has 0 aromatic carbocycles. The Morgan fingerprint density at radius 1 is 1.60 bits per heavy atom. The van der Waals surface area contributed by atoms with Crippen LogP contribution < -0.4 is 5.32 Å². The number of amidine groups is 1. The van der Waals surface area contributed by atoms with Crippen LogP contribution in [-0.2, 0) is 0 Å². The number of nitrogens with zero attached hydrogens (tertiary/aromatic N) is 1. The second-order valence-electron chi connectivity index (χ2n) is 3.26. The van der Waals surface area contributed by atoms with Gasteiger partial charge in [0.1, 0.15) is 0 Å². The molecule has 1 unspecified atom stereocenters. The first kappa shape index (κ1) is 7.58. The van der Waals surface area contributed by atoms with Crippen LogP contribution in [0.25, 0.3) is 0 Å². The molecular formula is C8H16N2. The van der Waals surface area contributed by atoms with Gasteiger partial charge in [0.2, 0.25) is 0 Å². The lowest BCUT2D eigenvalue weighted by molar-refractivity contribution is 0.565. The van der Waals surface area contributed by atoms with Crippen LogP contribution in [0.5, 0.6) is 0 Å². The largest absolute Gasteiger partial charge is 0.371 e. The molecule has 0 radical (unpaired) electrons. The van der Waals surface area contributed by atoms with Crippen molar-refractivity contribution >= 4 is 5.84 Å². The van der Waals surface area contributed by atoms with E-state index in [0.717, 1.165) is 6.54 Å². The van der Waals surface area contributed by atoms with Crippen LogP contribution in [0.3, 0.4) is 0 Å². The molecule has 1 rings (SSSR count). The fraction of sp³-hybridized carbons (Fsp3) is 0.875. The fourth-order valence-corrected chi connectivity index (χ4v) is 1.10. The van der Waals surface area contributed by atoms with Gasteiger partial charge in [-0.05, 0) is 13.3 Å². The fourth-order valence-electron chi connectivity index (χ4n) is 1.10. The first-order valence-electron chi connectivity index (χ1n) is 4.01. The highest BCUT2D eigenvalue weighted by atomic mass is 15.0. The molecule has 0 spiro atoms. The van der Waals surface area contributed by atoms with Gasteiger partial charge in [-0.15, -0.1) is 0 Å². The van der Waals surface area contributed by atoms with Crippen LogP contribution >= 0.6 is 0 Å². The van der Waals surface area contributed by atoms with Crippen molar-refractivity contribution in [1.82, 2.24) is 5.32 Å². The van der Waals surface area contributed by atoms with E-state index in [1.165, 1.54) is 12.3 Å². The minimum atomic E-state index is 0.558. The number of nitrogens with one attached hydrogen (secondary N) is 1. The molecule has 1 heterocycles. The van der Waals surface area contributed by atoms with Gasteiger partial charge in [-0.25, -0.2) is 0 Å². The summed E-state index contributed by atoms with van der Waals surface area (Å²) in [5.74, 6) is 1.74. The molecule has 0 aliphatic carbocycles. The standard InChI is InChI=1S/C8H16N2/c1-6(2)8-9-5-4-7(3)10-8/h6-7H,4-5H2,1-3H3,(H,9,10). The van der Waals surface area contributed by atoms with Gasteiger partial charge in [-0.3, -0.25) is 4.99 Å². The Bertz CT molecular complexity index is 138.